The first kappa shape index (κ1) is 18.3. The van der Waals surface area contributed by atoms with Crippen LogP contribution in [0.4, 0.5) is 0 Å². The van der Waals surface area contributed by atoms with Crippen LogP contribution in [0.5, 0.6) is 11.6 Å². The van der Waals surface area contributed by atoms with Crippen LogP contribution in [-0.2, 0) is 6.54 Å². The largest absolute Gasteiger partial charge is 0.508 e. The third-order valence-electron chi connectivity index (χ3n) is 4.36. The van der Waals surface area contributed by atoms with Gasteiger partial charge in [0, 0.05) is 26.1 Å². The summed E-state index contributed by atoms with van der Waals surface area (Å²) in [6.45, 7) is 0.324. The smallest absolute Gasteiger partial charge is 0.258 e. The van der Waals surface area contributed by atoms with Crippen molar-refractivity contribution in [2.75, 3.05) is 0 Å². The zero-order valence-electron chi connectivity index (χ0n) is 14.5. The summed E-state index contributed by atoms with van der Waals surface area (Å²) in [5.41, 5.74) is 1.69. The molecule has 3 N–H and O–H groups in total. The third-order valence-corrected chi connectivity index (χ3v) is 5.41. The van der Waals surface area contributed by atoms with Gasteiger partial charge in [-0.3, -0.25) is 14.8 Å². The molecule has 0 atom stereocenters. The Balaban J connectivity index is 1.78. The zero-order chi connectivity index (χ0) is 19.7. The van der Waals surface area contributed by atoms with Gasteiger partial charge in [0.25, 0.3) is 5.56 Å². The molecule has 2 aromatic heterocycles. The second-order valence-corrected chi connectivity index (χ2v) is 7.36. The molecule has 4 rings (SSSR count). The van der Waals surface area contributed by atoms with Crippen LogP contribution in [-0.4, -0.2) is 21.4 Å². The van der Waals surface area contributed by atoms with E-state index in [0.29, 0.717) is 28.6 Å². The number of hydrogen-bond acceptors (Lipinski definition) is 5. The van der Waals surface area contributed by atoms with E-state index in [1.165, 1.54) is 6.21 Å². The number of furan rings is 1. The molecule has 0 saturated carbocycles. The Kier molecular flexibility index (Phi) is 4.91. The maximum atomic E-state index is 12.2. The molecule has 140 valence electrons. The molecule has 0 bridgehead atoms. The molecule has 0 amide bonds. The minimum absolute atomic E-state index is 0.172. The number of benzene rings is 2. The molecule has 2 heterocycles. The highest BCUT2D eigenvalue weighted by atomic mass is 127. The molecule has 4 aromatic rings. The van der Waals surface area contributed by atoms with E-state index in [4.69, 9.17) is 4.42 Å². The van der Waals surface area contributed by atoms with Gasteiger partial charge in [-0.05, 0) is 70.6 Å². The number of phenolic OH excluding ortho intramolecular Hbond substituents is 1. The molecule has 2 aromatic carbocycles. The number of phenols is 1. The summed E-state index contributed by atoms with van der Waals surface area (Å²) in [5.74, 6) is 0.591. The van der Waals surface area contributed by atoms with Gasteiger partial charge >= 0.3 is 0 Å². The fourth-order valence-corrected chi connectivity index (χ4v) is 3.49. The van der Waals surface area contributed by atoms with E-state index in [1.54, 1.807) is 42.7 Å². The lowest BCUT2D eigenvalue weighted by Crippen LogP contribution is -2.08. The van der Waals surface area contributed by atoms with Crippen LogP contribution < -0.4 is 5.56 Å². The van der Waals surface area contributed by atoms with E-state index >= 15 is 0 Å². The van der Waals surface area contributed by atoms with Gasteiger partial charge in [0.05, 0.1) is 18.4 Å². The minimum Gasteiger partial charge on any atom is -0.508 e. The Morgan fingerprint density at radius 3 is 2.75 bits per heavy atom. The standard InChI is InChI=1S/C21H15IN2O4/c22-18-6-4-14(25)8-13(18)10-23-11-17-16-9-12(19-2-1-7-28-19)3-5-15(16)20(26)24-21(17)27/h1-9,11,25H,10H2,(H2,24,26,27). The molecule has 7 heteroatoms. The number of rotatable bonds is 4. The predicted octanol–water partition coefficient (Wildman–Crippen LogP) is 4.42. The Labute approximate surface area is 173 Å². The lowest BCUT2D eigenvalue weighted by atomic mass is 10.0. The molecule has 0 unspecified atom stereocenters. The van der Waals surface area contributed by atoms with Gasteiger partial charge in [0.2, 0.25) is 5.88 Å². The summed E-state index contributed by atoms with van der Waals surface area (Å²) in [5, 5.41) is 21.0. The number of aromatic nitrogens is 1. The quantitative estimate of drug-likeness (QED) is 0.294. The van der Waals surface area contributed by atoms with Crippen LogP contribution in [0, 0.1) is 3.57 Å². The molecule has 0 fully saturated rings. The van der Waals surface area contributed by atoms with Gasteiger partial charge < -0.3 is 14.6 Å². The van der Waals surface area contributed by atoms with Crippen molar-refractivity contribution in [1.29, 1.82) is 0 Å². The van der Waals surface area contributed by atoms with Gasteiger partial charge in [0.15, 0.2) is 0 Å². The van der Waals surface area contributed by atoms with Crippen molar-refractivity contribution in [1.82, 2.24) is 4.98 Å². The van der Waals surface area contributed by atoms with Crippen molar-refractivity contribution in [2.45, 2.75) is 6.54 Å². The average molecular weight is 486 g/mol. The monoisotopic (exact) mass is 486 g/mol. The number of pyridine rings is 1. The second-order valence-electron chi connectivity index (χ2n) is 6.20. The number of nitrogens with zero attached hydrogens (tertiary/aromatic N) is 1. The second kappa shape index (κ2) is 7.51. The summed E-state index contributed by atoms with van der Waals surface area (Å²) in [4.78, 5) is 19.1. The van der Waals surface area contributed by atoms with Crippen LogP contribution in [0.3, 0.4) is 0 Å². The van der Waals surface area contributed by atoms with Gasteiger partial charge in [-0.1, -0.05) is 6.07 Å². The van der Waals surface area contributed by atoms with Crippen LogP contribution in [0.2, 0.25) is 0 Å². The molecule has 0 saturated heterocycles. The molecule has 0 radical (unpaired) electrons. The van der Waals surface area contributed by atoms with Crippen LogP contribution in [0.25, 0.3) is 22.1 Å². The number of aromatic hydroxyl groups is 2. The van der Waals surface area contributed by atoms with E-state index in [9.17, 15) is 15.0 Å². The van der Waals surface area contributed by atoms with E-state index in [-0.39, 0.29) is 17.2 Å². The molecule has 0 aliphatic heterocycles. The maximum Gasteiger partial charge on any atom is 0.258 e. The summed E-state index contributed by atoms with van der Waals surface area (Å²) >= 11 is 2.17. The number of aromatic amines is 1. The maximum absolute atomic E-state index is 12.2. The van der Waals surface area contributed by atoms with E-state index in [1.807, 2.05) is 12.1 Å². The lowest BCUT2D eigenvalue weighted by molar-refractivity contribution is 0.452. The Bertz CT molecular complexity index is 1240. The number of halogens is 1. The third kappa shape index (κ3) is 3.53. The number of fused-ring (bicyclic) bond motifs is 1. The first-order valence-electron chi connectivity index (χ1n) is 8.43. The molecule has 0 aliphatic carbocycles. The number of nitrogens with one attached hydrogen (secondary N) is 1. The number of aliphatic imine (C=N–C) groups is 1. The molecule has 0 aliphatic rings. The van der Waals surface area contributed by atoms with Crippen molar-refractivity contribution in [3.8, 4) is 23.0 Å². The Morgan fingerprint density at radius 2 is 1.96 bits per heavy atom. The zero-order valence-corrected chi connectivity index (χ0v) is 16.7. The highest BCUT2D eigenvalue weighted by Crippen LogP contribution is 2.27. The normalized spacial score (nSPS) is 11.5. The number of hydrogen-bond donors (Lipinski definition) is 3. The minimum atomic E-state index is -0.377. The van der Waals surface area contributed by atoms with Gasteiger partial charge in [0.1, 0.15) is 11.5 Å². The van der Waals surface area contributed by atoms with E-state index < -0.39 is 0 Å². The van der Waals surface area contributed by atoms with Crippen molar-refractivity contribution >= 4 is 39.6 Å². The van der Waals surface area contributed by atoms with Crippen LogP contribution >= 0.6 is 22.6 Å². The van der Waals surface area contributed by atoms with Crippen LogP contribution in [0.1, 0.15) is 11.1 Å². The average Bonchev–Trinajstić information content (AvgIpc) is 3.21. The fraction of sp³-hybridized carbons (Fsp3) is 0.0476. The van der Waals surface area contributed by atoms with E-state index in [2.05, 4.69) is 32.6 Å². The van der Waals surface area contributed by atoms with Crippen LogP contribution in [0.15, 0.2) is 69.0 Å². The SMILES string of the molecule is O=c1[nH]c(O)c(C=NCc2cc(O)ccc2I)c2cc(-c3ccco3)ccc12. The van der Waals surface area contributed by atoms with Gasteiger partial charge in [-0.25, -0.2) is 0 Å². The van der Waals surface area contributed by atoms with Gasteiger partial charge in [-0.15, -0.1) is 0 Å². The first-order valence-corrected chi connectivity index (χ1v) is 9.51. The molecule has 0 spiro atoms. The highest BCUT2D eigenvalue weighted by Gasteiger charge is 2.12. The first-order chi connectivity index (χ1) is 13.5. The summed E-state index contributed by atoms with van der Waals surface area (Å²) in [6, 6.07) is 14.0. The Morgan fingerprint density at radius 1 is 1.11 bits per heavy atom. The summed E-state index contributed by atoms with van der Waals surface area (Å²) in [7, 11) is 0. The van der Waals surface area contributed by atoms with Gasteiger partial charge in [-0.2, -0.15) is 0 Å². The van der Waals surface area contributed by atoms with E-state index in [0.717, 1.165) is 14.7 Å². The summed E-state index contributed by atoms with van der Waals surface area (Å²) in [6.07, 6.45) is 3.10. The predicted molar refractivity (Wildman–Crippen MR) is 116 cm³/mol. The fourth-order valence-electron chi connectivity index (χ4n) is 2.98. The van der Waals surface area contributed by atoms with Crippen molar-refractivity contribution in [2.24, 2.45) is 4.99 Å². The van der Waals surface area contributed by atoms with Crippen molar-refractivity contribution < 1.29 is 14.6 Å². The molecule has 6 nitrogen and oxygen atoms in total. The van der Waals surface area contributed by atoms with Crippen molar-refractivity contribution in [3.05, 3.63) is 79.8 Å². The Hall–Kier alpha value is -3.07. The van der Waals surface area contributed by atoms with Crippen molar-refractivity contribution in [3.63, 3.8) is 0 Å². The number of H-pyrrole nitrogens is 1. The molecular formula is C21H15IN2O4. The lowest BCUT2D eigenvalue weighted by Gasteiger charge is -2.07. The molecular weight excluding hydrogens is 471 g/mol. The summed E-state index contributed by atoms with van der Waals surface area (Å²) < 4.78 is 6.40. The topological polar surface area (TPSA) is 98.8 Å². The highest BCUT2D eigenvalue weighted by molar-refractivity contribution is 14.1. The molecule has 28 heavy (non-hydrogen) atoms.